The van der Waals surface area contributed by atoms with Crippen molar-refractivity contribution in [2.24, 2.45) is 0 Å². The van der Waals surface area contributed by atoms with Crippen LogP contribution in [0.1, 0.15) is 17.2 Å². The zero-order valence-corrected chi connectivity index (χ0v) is 11.1. The maximum Gasteiger partial charge on any atom is 0.0952 e. The van der Waals surface area contributed by atoms with Crippen LogP contribution in [0.2, 0.25) is 0 Å². The third-order valence-electron chi connectivity index (χ3n) is 3.59. The van der Waals surface area contributed by atoms with E-state index in [-0.39, 0.29) is 6.10 Å². The molecule has 0 saturated carbocycles. The topological polar surface area (TPSA) is 34.1 Å². The lowest BCUT2D eigenvalue weighted by molar-refractivity contribution is 0.0439. The van der Waals surface area contributed by atoms with Crippen LogP contribution in [0.3, 0.4) is 0 Å². The van der Waals surface area contributed by atoms with Gasteiger partial charge in [0.1, 0.15) is 0 Å². The fraction of sp³-hybridized carbons (Fsp3) is 0.312. The maximum absolute atomic E-state index is 5.86. The second-order valence-electron chi connectivity index (χ2n) is 4.82. The van der Waals surface area contributed by atoms with Gasteiger partial charge in [0.2, 0.25) is 0 Å². The Morgan fingerprint density at radius 3 is 2.84 bits per heavy atom. The highest BCUT2D eigenvalue weighted by molar-refractivity contribution is 5.64. The zero-order chi connectivity index (χ0) is 13.1. The van der Waals surface area contributed by atoms with E-state index in [2.05, 4.69) is 28.5 Å². The Morgan fingerprint density at radius 2 is 2.05 bits per heavy atom. The number of fused-ring (bicyclic) bond motifs is 1. The number of ether oxygens (including phenoxy) is 1. The molecular formula is C16H18N2O. The molecule has 2 aromatic rings. The molecule has 0 fully saturated rings. The first-order valence-electron chi connectivity index (χ1n) is 6.68. The number of likely N-dealkylation sites (N-methyl/N-ethyl adjacent to an activating group) is 1. The Bertz CT molecular complexity index is 554. The van der Waals surface area contributed by atoms with Crippen molar-refractivity contribution < 1.29 is 4.74 Å². The summed E-state index contributed by atoms with van der Waals surface area (Å²) >= 11 is 0. The summed E-state index contributed by atoms with van der Waals surface area (Å²) in [4.78, 5) is 4.07. The standard InChI is InChI=1S/C16H18N2O/c1-17-11-16-15-10-14(12-4-7-18-8-5-12)3-2-13(15)6-9-19-16/h2-5,7-8,10,16-17H,6,9,11H2,1H3/t16-/m0/s1. The van der Waals surface area contributed by atoms with Crippen LogP contribution < -0.4 is 5.32 Å². The molecule has 1 N–H and O–H groups in total. The van der Waals surface area contributed by atoms with E-state index in [1.807, 2.05) is 31.6 Å². The minimum absolute atomic E-state index is 0.163. The van der Waals surface area contributed by atoms with Gasteiger partial charge in [-0.05, 0) is 53.9 Å². The third kappa shape index (κ3) is 2.53. The van der Waals surface area contributed by atoms with Crippen molar-refractivity contribution in [2.75, 3.05) is 20.2 Å². The largest absolute Gasteiger partial charge is 0.372 e. The molecular weight excluding hydrogens is 236 g/mol. The Kier molecular flexibility index (Phi) is 3.58. The summed E-state index contributed by atoms with van der Waals surface area (Å²) in [6.07, 6.45) is 4.83. The second kappa shape index (κ2) is 5.51. The van der Waals surface area contributed by atoms with E-state index in [1.165, 1.54) is 22.3 Å². The molecule has 0 bridgehead atoms. The van der Waals surface area contributed by atoms with E-state index in [1.54, 1.807) is 0 Å². The normalized spacial score (nSPS) is 18.1. The summed E-state index contributed by atoms with van der Waals surface area (Å²) < 4.78 is 5.86. The fourth-order valence-corrected chi connectivity index (χ4v) is 2.60. The highest BCUT2D eigenvalue weighted by Crippen LogP contribution is 2.30. The minimum atomic E-state index is 0.163. The quantitative estimate of drug-likeness (QED) is 0.914. The average Bonchev–Trinajstić information content (AvgIpc) is 2.48. The van der Waals surface area contributed by atoms with Gasteiger partial charge in [-0.15, -0.1) is 0 Å². The molecule has 3 nitrogen and oxygen atoms in total. The van der Waals surface area contributed by atoms with Gasteiger partial charge in [-0.25, -0.2) is 0 Å². The third-order valence-corrected chi connectivity index (χ3v) is 3.59. The van der Waals surface area contributed by atoms with Gasteiger partial charge >= 0.3 is 0 Å². The van der Waals surface area contributed by atoms with Crippen LogP contribution in [0.4, 0.5) is 0 Å². The molecule has 1 aromatic carbocycles. The zero-order valence-electron chi connectivity index (χ0n) is 11.1. The van der Waals surface area contributed by atoms with Gasteiger partial charge in [0.15, 0.2) is 0 Å². The van der Waals surface area contributed by atoms with Crippen molar-refractivity contribution in [1.82, 2.24) is 10.3 Å². The molecule has 0 aliphatic carbocycles. The molecule has 1 atom stereocenters. The molecule has 98 valence electrons. The SMILES string of the molecule is CNC[C@@H]1OCCc2ccc(-c3ccncc3)cc21. The lowest BCUT2D eigenvalue weighted by atomic mass is 9.93. The first-order chi connectivity index (χ1) is 9.38. The molecule has 3 rings (SSSR count). The van der Waals surface area contributed by atoms with Gasteiger partial charge < -0.3 is 10.1 Å². The van der Waals surface area contributed by atoms with E-state index >= 15 is 0 Å². The summed E-state index contributed by atoms with van der Waals surface area (Å²) in [5.74, 6) is 0. The fourth-order valence-electron chi connectivity index (χ4n) is 2.60. The minimum Gasteiger partial charge on any atom is -0.372 e. The molecule has 1 aliphatic rings. The van der Waals surface area contributed by atoms with Crippen LogP contribution in [0.15, 0.2) is 42.7 Å². The monoisotopic (exact) mass is 254 g/mol. The number of rotatable bonds is 3. The van der Waals surface area contributed by atoms with Gasteiger partial charge in [0.05, 0.1) is 12.7 Å². The number of aromatic nitrogens is 1. The van der Waals surface area contributed by atoms with E-state index < -0.39 is 0 Å². The number of nitrogens with one attached hydrogen (secondary N) is 1. The number of hydrogen-bond acceptors (Lipinski definition) is 3. The van der Waals surface area contributed by atoms with Crippen LogP contribution >= 0.6 is 0 Å². The van der Waals surface area contributed by atoms with Gasteiger partial charge in [0.25, 0.3) is 0 Å². The van der Waals surface area contributed by atoms with Crippen molar-refractivity contribution in [3.05, 3.63) is 53.9 Å². The molecule has 0 unspecified atom stereocenters. The lowest BCUT2D eigenvalue weighted by Gasteiger charge is -2.26. The van der Waals surface area contributed by atoms with Crippen molar-refractivity contribution in [1.29, 1.82) is 0 Å². The summed E-state index contributed by atoms with van der Waals surface area (Å²) in [6.45, 7) is 1.67. The lowest BCUT2D eigenvalue weighted by Crippen LogP contribution is -2.25. The predicted octanol–water partition coefficient (Wildman–Crippen LogP) is 2.58. The van der Waals surface area contributed by atoms with E-state index in [0.717, 1.165) is 19.6 Å². The Morgan fingerprint density at radius 1 is 1.21 bits per heavy atom. The van der Waals surface area contributed by atoms with Crippen molar-refractivity contribution >= 4 is 0 Å². The van der Waals surface area contributed by atoms with Gasteiger partial charge in [0, 0.05) is 18.9 Å². The van der Waals surface area contributed by atoms with E-state index in [9.17, 15) is 0 Å². The predicted molar refractivity (Wildman–Crippen MR) is 76.0 cm³/mol. The van der Waals surface area contributed by atoms with Crippen LogP contribution in [0.25, 0.3) is 11.1 Å². The van der Waals surface area contributed by atoms with Crippen LogP contribution in [0, 0.1) is 0 Å². The molecule has 0 radical (unpaired) electrons. The van der Waals surface area contributed by atoms with Gasteiger partial charge in [-0.1, -0.05) is 12.1 Å². The molecule has 19 heavy (non-hydrogen) atoms. The Labute approximate surface area is 113 Å². The Balaban J connectivity index is 2.00. The molecule has 2 heterocycles. The Hall–Kier alpha value is -1.71. The number of benzene rings is 1. The van der Waals surface area contributed by atoms with Crippen molar-refractivity contribution in [3.8, 4) is 11.1 Å². The first-order valence-corrected chi connectivity index (χ1v) is 6.68. The van der Waals surface area contributed by atoms with Crippen LogP contribution in [0.5, 0.6) is 0 Å². The highest BCUT2D eigenvalue weighted by atomic mass is 16.5. The molecule has 0 amide bonds. The van der Waals surface area contributed by atoms with Gasteiger partial charge in [-0.3, -0.25) is 4.98 Å². The van der Waals surface area contributed by atoms with Crippen LogP contribution in [-0.2, 0) is 11.2 Å². The summed E-state index contributed by atoms with van der Waals surface area (Å²) in [7, 11) is 1.96. The van der Waals surface area contributed by atoms with Crippen molar-refractivity contribution in [2.45, 2.75) is 12.5 Å². The summed E-state index contributed by atoms with van der Waals surface area (Å²) in [6, 6.07) is 10.8. The van der Waals surface area contributed by atoms with E-state index in [4.69, 9.17) is 4.74 Å². The molecule has 0 saturated heterocycles. The summed E-state index contributed by atoms with van der Waals surface area (Å²) in [5.41, 5.74) is 5.15. The highest BCUT2D eigenvalue weighted by Gasteiger charge is 2.20. The average molecular weight is 254 g/mol. The number of hydrogen-bond donors (Lipinski definition) is 1. The molecule has 3 heteroatoms. The van der Waals surface area contributed by atoms with Crippen LogP contribution in [-0.4, -0.2) is 25.2 Å². The van der Waals surface area contributed by atoms with Gasteiger partial charge in [-0.2, -0.15) is 0 Å². The number of nitrogens with zero attached hydrogens (tertiary/aromatic N) is 1. The number of pyridine rings is 1. The maximum atomic E-state index is 5.86. The molecule has 1 aromatic heterocycles. The van der Waals surface area contributed by atoms with Crippen molar-refractivity contribution in [3.63, 3.8) is 0 Å². The first kappa shape index (κ1) is 12.3. The second-order valence-corrected chi connectivity index (χ2v) is 4.82. The smallest absolute Gasteiger partial charge is 0.0952 e. The van der Waals surface area contributed by atoms with E-state index in [0.29, 0.717) is 0 Å². The molecule has 1 aliphatic heterocycles. The molecule has 0 spiro atoms. The summed E-state index contributed by atoms with van der Waals surface area (Å²) in [5, 5.41) is 3.20.